The Morgan fingerprint density at radius 2 is 1.80 bits per heavy atom. The number of aliphatic hydroxyl groups is 1. The van der Waals surface area contributed by atoms with E-state index in [2.05, 4.69) is 21.5 Å². The number of aliphatic carboxylic acids is 1. The molecule has 2 rings (SSSR count). The Kier molecular flexibility index (Phi) is 6.90. The number of aromatic nitrogens is 4. The Labute approximate surface area is 135 Å². The van der Waals surface area contributed by atoms with Gasteiger partial charge in [-0.25, -0.2) is 9.59 Å². The molecule has 0 bridgehead atoms. The first-order chi connectivity index (χ1) is 8.90. The van der Waals surface area contributed by atoms with E-state index in [1.165, 1.54) is 0 Å². The molecule has 105 valence electrons. The molecule has 0 atom stereocenters. The van der Waals surface area contributed by atoms with Crippen LogP contribution in [0.2, 0.25) is 0 Å². The molecule has 0 unspecified atom stereocenters. The Bertz CT molecular complexity index is 782. The molecule has 5 N–H and O–H groups in total. The molecule has 0 amide bonds. The Morgan fingerprint density at radius 1 is 1.25 bits per heavy atom. The van der Waals surface area contributed by atoms with Crippen LogP contribution in [0.5, 0.6) is 0 Å². The second kappa shape index (κ2) is 7.63. The van der Waals surface area contributed by atoms with Gasteiger partial charge in [0.05, 0.1) is 5.52 Å². The number of carboxylic acids is 1. The van der Waals surface area contributed by atoms with Crippen LogP contribution in [0.3, 0.4) is 0 Å². The number of nitrogens with zero attached hydrogens (tertiary/aromatic N) is 1. The number of carbonyl (C=O) groups is 1. The van der Waals surface area contributed by atoms with Crippen molar-refractivity contribution in [2.75, 3.05) is 0 Å². The molecule has 0 aliphatic carbocycles. The fourth-order valence-corrected chi connectivity index (χ4v) is 1.12. The minimum Gasteiger partial charge on any atom is -0.478 e. The van der Waals surface area contributed by atoms with E-state index in [0.29, 0.717) is 11.3 Å². The van der Waals surface area contributed by atoms with Gasteiger partial charge in [0.1, 0.15) is 5.65 Å². The summed E-state index contributed by atoms with van der Waals surface area (Å²) in [5.74, 6) is -0.981. The SMILES string of the molecule is C=CC(=O)O.O=c1[nH]c2[nH]c(=O)n([CH-]O)c(=O)c2[nH]1.[Y]. The van der Waals surface area contributed by atoms with E-state index in [1.54, 1.807) is 0 Å². The van der Waals surface area contributed by atoms with Crippen molar-refractivity contribution in [3.8, 4) is 0 Å². The third-order valence-electron chi connectivity index (χ3n) is 1.90. The largest absolute Gasteiger partial charge is 0.478 e. The quantitative estimate of drug-likeness (QED) is 0.318. The van der Waals surface area contributed by atoms with Crippen LogP contribution < -0.4 is 16.9 Å². The molecule has 0 saturated heterocycles. The topological polar surface area (TPSA) is 161 Å². The van der Waals surface area contributed by atoms with Gasteiger partial charge >= 0.3 is 11.7 Å². The first kappa shape index (κ1) is 18.1. The summed E-state index contributed by atoms with van der Waals surface area (Å²) in [5, 5.41) is 16.2. The number of carboxylic acid groups (broad SMARTS) is 1. The first-order valence-corrected chi connectivity index (χ1v) is 4.70. The second-order valence-electron chi connectivity index (χ2n) is 3.09. The van der Waals surface area contributed by atoms with Crippen molar-refractivity contribution in [3.63, 3.8) is 0 Å². The maximum atomic E-state index is 11.4. The average Bonchev–Trinajstić information content (AvgIpc) is 2.71. The van der Waals surface area contributed by atoms with Gasteiger partial charge in [-0.15, -0.1) is 0 Å². The number of hydrogen-bond donors (Lipinski definition) is 5. The van der Waals surface area contributed by atoms with Crippen LogP contribution in [0.25, 0.3) is 11.2 Å². The molecule has 0 aliphatic rings. The van der Waals surface area contributed by atoms with Crippen LogP contribution in [0.1, 0.15) is 0 Å². The molecule has 0 fully saturated rings. The Balaban J connectivity index is 0.000000526. The van der Waals surface area contributed by atoms with E-state index < -0.39 is 22.9 Å². The van der Waals surface area contributed by atoms with E-state index in [0.717, 1.165) is 6.08 Å². The van der Waals surface area contributed by atoms with Crippen molar-refractivity contribution in [2.24, 2.45) is 0 Å². The summed E-state index contributed by atoms with van der Waals surface area (Å²) in [7, 11) is 0. The van der Waals surface area contributed by atoms with Gasteiger partial charge in [-0.05, 0) is 0 Å². The van der Waals surface area contributed by atoms with Gasteiger partial charge in [0.25, 0.3) is 0 Å². The average molecular weight is 358 g/mol. The van der Waals surface area contributed by atoms with E-state index in [-0.39, 0.29) is 43.9 Å². The van der Waals surface area contributed by atoms with Crippen LogP contribution >= 0.6 is 0 Å². The number of imidazole rings is 1. The number of nitrogens with one attached hydrogen (secondary N) is 3. The van der Waals surface area contributed by atoms with Crippen LogP contribution in [0.15, 0.2) is 27.0 Å². The fraction of sp³-hybridized carbons (Fsp3) is 0. The van der Waals surface area contributed by atoms with Crippen molar-refractivity contribution in [3.05, 3.63) is 50.7 Å². The maximum Gasteiger partial charge on any atom is 0.327 e. The van der Waals surface area contributed by atoms with Crippen molar-refractivity contribution in [2.45, 2.75) is 0 Å². The van der Waals surface area contributed by atoms with Gasteiger partial charge in [0, 0.05) is 45.5 Å². The molecule has 0 aromatic carbocycles. The summed E-state index contributed by atoms with van der Waals surface area (Å²) in [5.41, 5.74) is -2.34. The minimum absolute atomic E-state index is 0. The molecule has 0 saturated carbocycles. The van der Waals surface area contributed by atoms with E-state index in [9.17, 15) is 19.2 Å². The predicted molar refractivity (Wildman–Crippen MR) is 63.3 cm³/mol. The summed E-state index contributed by atoms with van der Waals surface area (Å²) in [6.07, 6.45) is 0.833. The van der Waals surface area contributed by atoms with Crippen molar-refractivity contribution in [1.29, 1.82) is 0 Å². The molecule has 2 heterocycles. The fourth-order valence-electron chi connectivity index (χ4n) is 1.12. The third kappa shape index (κ3) is 4.05. The minimum atomic E-state index is -0.981. The van der Waals surface area contributed by atoms with Crippen molar-refractivity contribution < 1.29 is 47.7 Å². The van der Waals surface area contributed by atoms with Gasteiger partial charge in [-0.1, -0.05) is 6.58 Å². The summed E-state index contributed by atoms with van der Waals surface area (Å²) >= 11 is 0. The Morgan fingerprint density at radius 3 is 2.25 bits per heavy atom. The number of aromatic amines is 3. The van der Waals surface area contributed by atoms with Crippen molar-refractivity contribution in [1.82, 2.24) is 19.5 Å². The molecular formula is C9H9N4O6Y-. The normalized spacial score (nSPS) is 9.05. The molecule has 0 aliphatic heterocycles. The number of rotatable bonds is 2. The van der Waals surface area contributed by atoms with Crippen LogP contribution in [-0.4, -0.2) is 35.7 Å². The second-order valence-corrected chi connectivity index (χ2v) is 3.09. The molecule has 10 nitrogen and oxygen atoms in total. The van der Waals surface area contributed by atoms with Gasteiger partial charge in [-0.2, -0.15) is 0 Å². The third-order valence-corrected chi connectivity index (χ3v) is 1.90. The van der Waals surface area contributed by atoms with E-state index >= 15 is 0 Å². The van der Waals surface area contributed by atoms with Gasteiger partial charge in [0.2, 0.25) is 5.69 Å². The summed E-state index contributed by atoms with van der Waals surface area (Å²) < 4.78 is 0.437. The molecule has 1 radical (unpaired) electrons. The standard InChI is InChI=1S/C6H5N4O4.C3H4O2.Y/c11-1-10-4(12)2-3(9-6(10)14)8-5(13)7-2;1-2-3(4)5;/h1,11H,(H,9,14)(H2,7,8,13);2H,1H2,(H,4,5);/q-1;;. The zero-order valence-corrected chi connectivity index (χ0v) is 12.8. The molecule has 20 heavy (non-hydrogen) atoms. The van der Waals surface area contributed by atoms with Gasteiger partial charge in [0.15, 0.2) is 5.56 Å². The molecular weight excluding hydrogens is 349 g/mol. The van der Waals surface area contributed by atoms with Crippen LogP contribution in [-0.2, 0) is 37.5 Å². The zero-order chi connectivity index (χ0) is 14.6. The number of hydrogen-bond acceptors (Lipinski definition) is 5. The number of fused-ring (bicyclic) bond motifs is 1. The van der Waals surface area contributed by atoms with E-state index in [4.69, 9.17) is 10.2 Å². The zero-order valence-electron chi connectivity index (χ0n) is 9.91. The van der Waals surface area contributed by atoms with Gasteiger partial charge in [-0.3, -0.25) is 4.98 Å². The maximum absolute atomic E-state index is 11.4. The first-order valence-electron chi connectivity index (χ1n) is 4.70. The summed E-state index contributed by atoms with van der Waals surface area (Å²) in [6.45, 7) is 3.29. The monoisotopic (exact) mass is 358 g/mol. The number of H-pyrrole nitrogens is 3. The Hall–Kier alpha value is -1.91. The summed E-state index contributed by atoms with van der Waals surface area (Å²) in [4.78, 5) is 49.1. The molecule has 2 aromatic rings. The molecule has 11 heteroatoms. The number of aliphatic hydroxyl groups excluding tert-OH is 1. The smallest absolute Gasteiger partial charge is 0.327 e. The predicted octanol–water partition coefficient (Wildman–Crippen LogP) is -1.70. The molecule has 0 spiro atoms. The van der Waals surface area contributed by atoms with Crippen LogP contribution in [0, 0.1) is 6.73 Å². The van der Waals surface area contributed by atoms with Gasteiger partial charge < -0.3 is 34.3 Å². The van der Waals surface area contributed by atoms with E-state index in [1.807, 2.05) is 0 Å². The molecule has 2 aromatic heterocycles. The summed E-state index contributed by atoms with van der Waals surface area (Å²) in [6, 6.07) is 0. The van der Waals surface area contributed by atoms with Crippen molar-refractivity contribution >= 4 is 17.1 Å². The van der Waals surface area contributed by atoms with Crippen LogP contribution in [0.4, 0.5) is 0 Å².